The number of rotatable bonds is 2. The molecule has 0 fully saturated rings. The molecule has 1 heterocycles. The van der Waals surface area contributed by atoms with Crippen molar-refractivity contribution in [1.29, 1.82) is 0 Å². The van der Waals surface area contributed by atoms with E-state index in [0.29, 0.717) is 6.54 Å². The summed E-state index contributed by atoms with van der Waals surface area (Å²) in [7, 11) is 1.65. The summed E-state index contributed by atoms with van der Waals surface area (Å²) in [6, 6.07) is 0. The third-order valence-electron chi connectivity index (χ3n) is 2.01. The fraction of sp³-hybridized carbons (Fsp3) is 0.444. The van der Waals surface area contributed by atoms with Crippen molar-refractivity contribution in [2.75, 3.05) is 7.11 Å². The Kier molecular flexibility index (Phi) is 2.65. The average molecular weight is 166 g/mol. The zero-order valence-electron chi connectivity index (χ0n) is 7.72. The highest BCUT2D eigenvalue weighted by atomic mass is 16.5. The minimum atomic E-state index is 0.470. The van der Waals surface area contributed by atoms with Crippen LogP contribution in [0.15, 0.2) is 6.20 Å². The number of hydrogen-bond donors (Lipinski definition) is 1. The highest BCUT2D eigenvalue weighted by Gasteiger charge is 2.07. The SMILES string of the molecule is COc1c(CN)cnc(C)c1C. The molecule has 3 heteroatoms. The summed E-state index contributed by atoms with van der Waals surface area (Å²) in [4.78, 5) is 4.20. The number of nitrogens with two attached hydrogens (primary N) is 1. The summed E-state index contributed by atoms with van der Waals surface area (Å²) >= 11 is 0. The molecule has 0 bridgehead atoms. The van der Waals surface area contributed by atoms with Gasteiger partial charge in [0, 0.05) is 29.6 Å². The van der Waals surface area contributed by atoms with Crippen molar-refractivity contribution >= 4 is 0 Å². The van der Waals surface area contributed by atoms with E-state index in [-0.39, 0.29) is 0 Å². The summed E-state index contributed by atoms with van der Waals surface area (Å²) in [5.74, 6) is 0.866. The predicted octanol–water partition coefficient (Wildman–Crippen LogP) is 1.17. The van der Waals surface area contributed by atoms with Crippen LogP contribution in [0.4, 0.5) is 0 Å². The molecule has 0 atom stereocenters. The molecule has 2 N–H and O–H groups in total. The summed E-state index contributed by atoms with van der Waals surface area (Å²) in [5, 5.41) is 0. The van der Waals surface area contributed by atoms with E-state index >= 15 is 0 Å². The molecule has 0 spiro atoms. The second kappa shape index (κ2) is 3.54. The number of nitrogens with zero attached hydrogens (tertiary/aromatic N) is 1. The van der Waals surface area contributed by atoms with Gasteiger partial charge in [-0.3, -0.25) is 4.98 Å². The van der Waals surface area contributed by atoms with E-state index in [1.54, 1.807) is 13.3 Å². The molecule has 1 rings (SSSR count). The van der Waals surface area contributed by atoms with Crippen LogP contribution in [0.25, 0.3) is 0 Å². The van der Waals surface area contributed by atoms with E-state index in [2.05, 4.69) is 4.98 Å². The van der Waals surface area contributed by atoms with Crippen LogP contribution in [0.2, 0.25) is 0 Å². The monoisotopic (exact) mass is 166 g/mol. The maximum Gasteiger partial charge on any atom is 0.129 e. The molecule has 1 aromatic heterocycles. The summed E-state index contributed by atoms with van der Waals surface area (Å²) < 4.78 is 5.23. The second-order valence-corrected chi connectivity index (χ2v) is 2.73. The van der Waals surface area contributed by atoms with Gasteiger partial charge < -0.3 is 10.5 Å². The van der Waals surface area contributed by atoms with Crippen LogP contribution in [0, 0.1) is 13.8 Å². The van der Waals surface area contributed by atoms with Crippen LogP contribution in [0.3, 0.4) is 0 Å². The van der Waals surface area contributed by atoms with E-state index in [0.717, 1.165) is 22.6 Å². The van der Waals surface area contributed by atoms with Gasteiger partial charge in [-0.15, -0.1) is 0 Å². The maximum absolute atomic E-state index is 5.53. The van der Waals surface area contributed by atoms with Crippen molar-refractivity contribution in [3.63, 3.8) is 0 Å². The van der Waals surface area contributed by atoms with Crippen molar-refractivity contribution in [3.05, 3.63) is 23.0 Å². The van der Waals surface area contributed by atoms with Crippen LogP contribution in [0.5, 0.6) is 5.75 Å². The van der Waals surface area contributed by atoms with Crippen LogP contribution >= 0.6 is 0 Å². The molecule has 3 nitrogen and oxygen atoms in total. The van der Waals surface area contributed by atoms with Gasteiger partial charge in [0.05, 0.1) is 7.11 Å². The van der Waals surface area contributed by atoms with Crippen molar-refractivity contribution in [3.8, 4) is 5.75 Å². The zero-order chi connectivity index (χ0) is 9.14. The third-order valence-corrected chi connectivity index (χ3v) is 2.01. The van der Waals surface area contributed by atoms with Crippen molar-refractivity contribution in [2.24, 2.45) is 5.73 Å². The Morgan fingerprint density at radius 1 is 1.50 bits per heavy atom. The number of hydrogen-bond acceptors (Lipinski definition) is 3. The minimum absolute atomic E-state index is 0.470. The third kappa shape index (κ3) is 1.41. The molecule has 1 aromatic rings. The molecule has 0 radical (unpaired) electrons. The van der Waals surface area contributed by atoms with Gasteiger partial charge in [-0.2, -0.15) is 0 Å². The van der Waals surface area contributed by atoms with E-state index in [1.807, 2.05) is 13.8 Å². The van der Waals surface area contributed by atoms with Gasteiger partial charge in [0.2, 0.25) is 0 Å². The molecule has 0 unspecified atom stereocenters. The largest absolute Gasteiger partial charge is 0.496 e. The fourth-order valence-electron chi connectivity index (χ4n) is 1.16. The van der Waals surface area contributed by atoms with Crippen molar-refractivity contribution < 1.29 is 4.74 Å². The lowest BCUT2D eigenvalue weighted by Gasteiger charge is -2.10. The quantitative estimate of drug-likeness (QED) is 0.717. The van der Waals surface area contributed by atoms with Crippen molar-refractivity contribution in [2.45, 2.75) is 20.4 Å². The lowest BCUT2D eigenvalue weighted by Crippen LogP contribution is -2.03. The molecular weight excluding hydrogens is 152 g/mol. The van der Waals surface area contributed by atoms with Crippen LogP contribution in [0.1, 0.15) is 16.8 Å². The summed E-state index contributed by atoms with van der Waals surface area (Å²) in [6.07, 6.45) is 1.77. The zero-order valence-corrected chi connectivity index (χ0v) is 7.72. The molecule has 0 amide bonds. The molecular formula is C9H14N2O. The Hall–Kier alpha value is -1.09. The Bertz CT molecular complexity index is 284. The van der Waals surface area contributed by atoms with E-state index in [4.69, 9.17) is 10.5 Å². The van der Waals surface area contributed by atoms with Gasteiger partial charge in [-0.25, -0.2) is 0 Å². The molecule has 0 saturated heterocycles. The Morgan fingerprint density at radius 3 is 2.67 bits per heavy atom. The van der Waals surface area contributed by atoms with E-state index in [1.165, 1.54) is 0 Å². The Balaban J connectivity index is 3.25. The van der Waals surface area contributed by atoms with E-state index in [9.17, 15) is 0 Å². The first-order valence-electron chi connectivity index (χ1n) is 3.89. The van der Waals surface area contributed by atoms with Gasteiger partial charge in [0.15, 0.2) is 0 Å². The molecule has 0 aliphatic rings. The average Bonchev–Trinajstić information content (AvgIpc) is 2.09. The first-order valence-corrected chi connectivity index (χ1v) is 3.89. The summed E-state index contributed by atoms with van der Waals surface area (Å²) in [6.45, 7) is 4.41. The van der Waals surface area contributed by atoms with E-state index < -0.39 is 0 Å². The first kappa shape index (κ1) is 9.00. The van der Waals surface area contributed by atoms with Crippen LogP contribution < -0.4 is 10.5 Å². The standard InChI is InChI=1S/C9H14N2O/c1-6-7(2)11-5-8(4-10)9(6)12-3/h5H,4,10H2,1-3H3. The highest BCUT2D eigenvalue weighted by Crippen LogP contribution is 2.23. The normalized spacial score (nSPS) is 10.0. The molecule has 66 valence electrons. The number of methoxy groups -OCH3 is 1. The van der Waals surface area contributed by atoms with Crippen molar-refractivity contribution in [1.82, 2.24) is 4.98 Å². The first-order chi connectivity index (χ1) is 5.70. The van der Waals surface area contributed by atoms with Gasteiger partial charge in [-0.1, -0.05) is 0 Å². The molecule has 0 aliphatic carbocycles. The Labute approximate surface area is 72.6 Å². The lowest BCUT2D eigenvalue weighted by molar-refractivity contribution is 0.405. The maximum atomic E-state index is 5.53. The smallest absolute Gasteiger partial charge is 0.129 e. The topological polar surface area (TPSA) is 48.1 Å². The molecule has 12 heavy (non-hydrogen) atoms. The predicted molar refractivity (Wildman–Crippen MR) is 48.2 cm³/mol. The van der Waals surface area contributed by atoms with Gasteiger partial charge in [0.1, 0.15) is 5.75 Å². The fourth-order valence-corrected chi connectivity index (χ4v) is 1.16. The molecule has 0 aliphatic heterocycles. The Morgan fingerprint density at radius 2 is 2.17 bits per heavy atom. The number of ether oxygens (including phenoxy) is 1. The molecule has 0 aromatic carbocycles. The van der Waals surface area contributed by atoms with Crippen LogP contribution in [-0.4, -0.2) is 12.1 Å². The second-order valence-electron chi connectivity index (χ2n) is 2.73. The van der Waals surface area contributed by atoms with Gasteiger partial charge in [0.25, 0.3) is 0 Å². The molecule has 0 saturated carbocycles. The highest BCUT2D eigenvalue weighted by molar-refractivity contribution is 5.41. The minimum Gasteiger partial charge on any atom is -0.496 e. The van der Waals surface area contributed by atoms with Crippen LogP contribution in [-0.2, 0) is 6.54 Å². The number of aryl methyl sites for hydroxylation is 1. The van der Waals surface area contributed by atoms with Gasteiger partial charge in [-0.05, 0) is 13.8 Å². The van der Waals surface area contributed by atoms with Gasteiger partial charge >= 0.3 is 0 Å². The number of aromatic nitrogens is 1. The lowest BCUT2D eigenvalue weighted by atomic mass is 10.1. The number of pyridine rings is 1. The summed E-state index contributed by atoms with van der Waals surface area (Å²) in [5.41, 5.74) is 8.54.